The van der Waals surface area contributed by atoms with E-state index in [1.807, 2.05) is 61.8 Å². The largest absolute Gasteiger partial charge is 0.495 e. The number of ether oxygens (including phenoxy) is 2. The van der Waals surface area contributed by atoms with Gasteiger partial charge in [-0.3, -0.25) is 19.3 Å². The number of benzene rings is 2. The molecule has 0 aliphatic heterocycles. The highest BCUT2D eigenvalue weighted by molar-refractivity contribution is 6.12. The van der Waals surface area contributed by atoms with E-state index in [4.69, 9.17) is 19.4 Å². The summed E-state index contributed by atoms with van der Waals surface area (Å²) >= 11 is 0. The van der Waals surface area contributed by atoms with Crippen LogP contribution in [0.2, 0.25) is 0 Å². The average Bonchev–Trinajstić information content (AvgIpc) is 3.84. The van der Waals surface area contributed by atoms with Crippen LogP contribution in [0.3, 0.4) is 0 Å². The maximum atomic E-state index is 5.97. The van der Waals surface area contributed by atoms with Gasteiger partial charge < -0.3 is 18.6 Å². The average molecular weight is 677 g/mol. The van der Waals surface area contributed by atoms with Gasteiger partial charge in [-0.1, -0.05) is 24.8 Å². The lowest BCUT2D eigenvalue weighted by molar-refractivity contribution is 0.417. The third kappa shape index (κ3) is 5.26. The summed E-state index contributed by atoms with van der Waals surface area (Å²) in [6.07, 6.45) is 10.2. The smallest absolute Gasteiger partial charge is 0.143 e. The minimum Gasteiger partial charge on any atom is -0.495 e. The van der Waals surface area contributed by atoms with Crippen LogP contribution in [-0.4, -0.2) is 52.9 Å². The summed E-state index contributed by atoms with van der Waals surface area (Å²) in [6, 6.07) is 17.0. The second kappa shape index (κ2) is 12.3. The molecular formula is C41H40N8O2. The highest BCUT2D eigenvalue weighted by Crippen LogP contribution is 2.39. The van der Waals surface area contributed by atoms with E-state index >= 15 is 0 Å². The Bertz CT molecular complexity index is 2700. The molecule has 0 amide bonds. The van der Waals surface area contributed by atoms with Crippen molar-refractivity contribution in [2.75, 3.05) is 14.2 Å². The Kier molecular flexibility index (Phi) is 7.74. The molecule has 0 aliphatic carbocycles. The molecule has 6 heterocycles. The van der Waals surface area contributed by atoms with Crippen molar-refractivity contribution in [3.63, 3.8) is 0 Å². The van der Waals surface area contributed by atoms with E-state index in [0.29, 0.717) is 13.1 Å². The number of aryl methyl sites for hydroxylation is 5. The molecule has 0 bridgehead atoms. The standard InChI is InChI=1S/C41H40N8O2/c1-9-27-18-29-31-23-43-33(37-17-26(4)45-47(37)6)21-35(31)49(41(29)39(19-27)51-8)13-11-10-12-48-34-20-32(36-16-25(3)44-46(36)5)42-22-30(34)28-14-24(2)15-38(50-7)40(28)48/h9-11,14-23H,1,12-13H2,2-8H3/b11-10+. The highest BCUT2D eigenvalue weighted by atomic mass is 16.5. The molecule has 0 radical (unpaired) electrons. The van der Waals surface area contributed by atoms with E-state index in [9.17, 15) is 0 Å². The topological polar surface area (TPSA) is 89.7 Å². The Labute approximate surface area is 295 Å². The summed E-state index contributed by atoms with van der Waals surface area (Å²) in [5.74, 6) is 1.63. The van der Waals surface area contributed by atoms with Gasteiger partial charge in [0.15, 0.2) is 0 Å². The lowest BCUT2D eigenvalue weighted by atomic mass is 10.1. The van der Waals surface area contributed by atoms with Gasteiger partial charge in [-0.25, -0.2) is 0 Å². The van der Waals surface area contributed by atoms with Gasteiger partial charge >= 0.3 is 0 Å². The van der Waals surface area contributed by atoms with E-state index in [1.54, 1.807) is 14.2 Å². The van der Waals surface area contributed by atoms with Crippen molar-refractivity contribution in [1.29, 1.82) is 0 Å². The number of allylic oxidation sites excluding steroid dienone is 2. The van der Waals surface area contributed by atoms with Crippen molar-refractivity contribution < 1.29 is 9.47 Å². The molecule has 0 spiro atoms. The molecule has 0 N–H and O–H groups in total. The van der Waals surface area contributed by atoms with Crippen molar-refractivity contribution in [1.82, 2.24) is 38.7 Å². The second-order valence-corrected chi connectivity index (χ2v) is 13.1. The van der Waals surface area contributed by atoms with Gasteiger partial charge in [-0.2, -0.15) is 10.2 Å². The number of fused-ring (bicyclic) bond motifs is 6. The fourth-order valence-corrected chi connectivity index (χ4v) is 7.48. The zero-order valence-corrected chi connectivity index (χ0v) is 30.0. The summed E-state index contributed by atoms with van der Waals surface area (Å²) in [6.45, 7) is 11.4. The summed E-state index contributed by atoms with van der Waals surface area (Å²) in [5, 5.41) is 13.4. The van der Waals surface area contributed by atoms with Gasteiger partial charge in [0.05, 0.1) is 70.4 Å². The summed E-state index contributed by atoms with van der Waals surface area (Å²) < 4.78 is 20.3. The van der Waals surface area contributed by atoms with Crippen molar-refractivity contribution in [2.45, 2.75) is 33.9 Å². The Balaban J connectivity index is 1.26. The van der Waals surface area contributed by atoms with Crippen LogP contribution in [0.4, 0.5) is 0 Å². The normalized spacial score (nSPS) is 12.0. The van der Waals surface area contributed by atoms with Crippen LogP contribution >= 0.6 is 0 Å². The predicted molar refractivity (Wildman–Crippen MR) is 205 cm³/mol. The minimum atomic E-state index is 0.617. The number of hydrogen-bond acceptors (Lipinski definition) is 6. The minimum absolute atomic E-state index is 0.617. The van der Waals surface area contributed by atoms with Crippen molar-refractivity contribution in [3.05, 3.63) is 102 Å². The molecule has 6 aromatic heterocycles. The van der Waals surface area contributed by atoms with Crippen molar-refractivity contribution >= 4 is 49.7 Å². The molecule has 8 rings (SSSR count). The molecule has 10 heteroatoms. The number of nitrogens with zero attached hydrogens (tertiary/aromatic N) is 8. The van der Waals surface area contributed by atoms with E-state index in [1.165, 1.54) is 0 Å². The molecule has 51 heavy (non-hydrogen) atoms. The zero-order valence-electron chi connectivity index (χ0n) is 30.0. The van der Waals surface area contributed by atoms with Gasteiger partial charge in [0.2, 0.25) is 0 Å². The first kappa shape index (κ1) is 32.1. The fraction of sp³-hybridized carbons (Fsp3) is 0.220. The lowest BCUT2D eigenvalue weighted by Crippen LogP contribution is -2.01. The first-order valence-corrected chi connectivity index (χ1v) is 16.9. The van der Waals surface area contributed by atoms with Gasteiger partial charge in [-0.05, 0) is 80.4 Å². The van der Waals surface area contributed by atoms with Crippen LogP contribution in [0, 0.1) is 20.8 Å². The SMILES string of the molecule is C=Cc1cc(OC)c2c(c1)c1cnc(-c3cc(C)nn3C)cc1n2C/C=C/Cn1c2cc(-c3cc(C)nn3C)ncc2c2cc(C)cc(OC)c21. The molecule has 0 atom stereocenters. The lowest BCUT2D eigenvalue weighted by Gasteiger charge is -2.11. The first-order chi connectivity index (χ1) is 24.7. The maximum absolute atomic E-state index is 5.97. The molecule has 0 saturated carbocycles. The number of methoxy groups -OCH3 is 2. The number of rotatable bonds is 9. The predicted octanol–water partition coefficient (Wildman–Crippen LogP) is 8.34. The third-order valence-electron chi connectivity index (χ3n) is 9.73. The Morgan fingerprint density at radius 1 is 0.627 bits per heavy atom. The molecule has 0 saturated heterocycles. The van der Waals surface area contributed by atoms with Gasteiger partial charge in [0, 0.05) is 61.1 Å². The third-order valence-corrected chi connectivity index (χ3v) is 9.73. The van der Waals surface area contributed by atoms with E-state index < -0.39 is 0 Å². The summed E-state index contributed by atoms with van der Waals surface area (Å²) in [4.78, 5) is 9.77. The van der Waals surface area contributed by atoms with Crippen LogP contribution in [0.1, 0.15) is 22.5 Å². The van der Waals surface area contributed by atoms with E-state index in [2.05, 4.69) is 87.5 Å². The molecule has 0 unspecified atom stereocenters. The molecule has 0 fully saturated rings. The molecule has 256 valence electrons. The van der Waals surface area contributed by atoms with Gasteiger partial charge in [-0.15, -0.1) is 0 Å². The molecule has 2 aromatic carbocycles. The molecule has 0 aliphatic rings. The van der Waals surface area contributed by atoms with Crippen LogP contribution in [-0.2, 0) is 27.2 Å². The van der Waals surface area contributed by atoms with Crippen LogP contribution in [0.5, 0.6) is 11.5 Å². The quantitative estimate of drug-likeness (QED) is 0.143. The van der Waals surface area contributed by atoms with Crippen LogP contribution < -0.4 is 9.47 Å². The molecule has 10 nitrogen and oxygen atoms in total. The Hall–Kier alpha value is -6.16. The van der Waals surface area contributed by atoms with E-state index in [-0.39, 0.29) is 0 Å². The number of aromatic nitrogens is 8. The number of pyridine rings is 2. The summed E-state index contributed by atoms with van der Waals surface area (Å²) in [7, 11) is 7.36. The monoisotopic (exact) mass is 676 g/mol. The van der Waals surface area contributed by atoms with Crippen molar-refractivity contribution in [2.24, 2.45) is 14.1 Å². The molecule has 8 aromatic rings. The summed E-state index contributed by atoms with van der Waals surface area (Å²) in [5.41, 5.74) is 11.9. The fourth-order valence-electron chi connectivity index (χ4n) is 7.48. The second-order valence-electron chi connectivity index (χ2n) is 13.1. The first-order valence-electron chi connectivity index (χ1n) is 16.9. The van der Waals surface area contributed by atoms with Crippen LogP contribution in [0.15, 0.2) is 79.7 Å². The van der Waals surface area contributed by atoms with E-state index in [0.717, 1.165) is 100 Å². The van der Waals surface area contributed by atoms with Crippen molar-refractivity contribution in [3.8, 4) is 34.3 Å². The Morgan fingerprint density at radius 2 is 1.12 bits per heavy atom. The molecular weight excluding hydrogens is 637 g/mol. The Morgan fingerprint density at radius 3 is 1.57 bits per heavy atom. The van der Waals surface area contributed by atoms with Crippen LogP contribution in [0.25, 0.3) is 72.5 Å². The highest BCUT2D eigenvalue weighted by Gasteiger charge is 2.20. The number of hydrogen-bond donors (Lipinski definition) is 0. The van der Waals surface area contributed by atoms with Gasteiger partial charge in [0.25, 0.3) is 0 Å². The van der Waals surface area contributed by atoms with Gasteiger partial charge in [0.1, 0.15) is 11.5 Å². The maximum Gasteiger partial charge on any atom is 0.143 e. The zero-order chi connectivity index (χ0) is 35.6.